The van der Waals surface area contributed by atoms with Gasteiger partial charge in [0, 0.05) is 25.4 Å². The number of benzene rings is 1. The molecular formula is C23H27FN2O2S. The normalized spacial score (nSPS) is 30.8. The Morgan fingerprint density at radius 1 is 1.21 bits per heavy atom. The second kappa shape index (κ2) is 7.47. The number of carbonyl (C=O) groups is 1. The van der Waals surface area contributed by atoms with Crippen molar-refractivity contribution in [2.24, 2.45) is 28.2 Å². The highest BCUT2D eigenvalue weighted by Gasteiger charge is 2.54. The fourth-order valence-corrected chi connectivity index (χ4v) is 7.22. The monoisotopic (exact) mass is 414 g/mol. The molecule has 154 valence electrons. The lowest BCUT2D eigenvalue weighted by Crippen LogP contribution is -2.49. The van der Waals surface area contributed by atoms with E-state index in [0.29, 0.717) is 41.3 Å². The minimum Gasteiger partial charge on any atom is -0.383 e. The molecule has 2 aromatic rings. The third-order valence-electron chi connectivity index (χ3n) is 7.08. The number of ether oxygens (including phenoxy) is 1. The van der Waals surface area contributed by atoms with E-state index in [4.69, 9.17) is 4.74 Å². The molecule has 4 fully saturated rings. The molecule has 0 aliphatic heterocycles. The van der Waals surface area contributed by atoms with Crippen LogP contribution < -0.4 is 4.80 Å². The van der Waals surface area contributed by atoms with Crippen LogP contribution in [0, 0.1) is 29.0 Å². The second-order valence-corrected chi connectivity index (χ2v) is 10.2. The van der Waals surface area contributed by atoms with E-state index in [-0.39, 0.29) is 17.1 Å². The van der Waals surface area contributed by atoms with Crippen molar-refractivity contribution in [3.05, 3.63) is 41.1 Å². The average molecular weight is 415 g/mol. The summed E-state index contributed by atoms with van der Waals surface area (Å²) < 4.78 is 21.5. The van der Waals surface area contributed by atoms with Gasteiger partial charge in [0.05, 0.1) is 16.9 Å². The van der Waals surface area contributed by atoms with Crippen molar-refractivity contribution >= 4 is 17.2 Å². The lowest BCUT2D eigenvalue weighted by Gasteiger charge is -2.55. The van der Waals surface area contributed by atoms with Crippen molar-refractivity contribution in [1.82, 2.24) is 4.57 Å². The molecule has 4 aliphatic carbocycles. The number of methoxy groups -OCH3 is 1. The largest absolute Gasteiger partial charge is 0.383 e. The van der Waals surface area contributed by atoms with Crippen LogP contribution in [0.15, 0.2) is 35.5 Å². The van der Waals surface area contributed by atoms with E-state index in [0.717, 1.165) is 24.1 Å². The van der Waals surface area contributed by atoms with Gasteiger partial charge in [-0.3, -0.25) is 4.79 Å². The maximum atomic E-state index is 14.3. The first-order chi connectivity index (χ1) is 14.1. The summed E-state index contributed by atoms with van der Waals surface area (Å²) >= 11 is 1.39. The average Bonchev–Trinajstić information content (AvgIpc) is 3.08. The van der Waals surface area contributed by atoms with Crippen molar-refractivity contribution in [3.8, 4) is 10.4 Å². The third kappa shape index (κ3) is 3.50. The Balaban J connectivity index is 1.51. The van der Waals surface area contributed by atoms with Gasteiger partial charge >= 0.3 is 0 Å². The molecular weight excluding hydrogens is 387 g/mol. The number of halogens is 1. The molecule has 0 radical (unpaired) electrons. The highest BCUT2D eigenvalue weighted by molar-refractivity contribution is 7.12. The molecule has 6 heteroatoms. The van der Waals surface area contributed by atoms with Crippen molar-refractivity contribution in [2.75, 3.05) is 13.7 Å². The molecule has 0 atom stereocenters. The first kappa shape index (κ1) is 19.2. The Morgan fingerprint density at radius 2 is 1.86 bits per heavy atom. The summed E-state index contributed by atoms with van der Waals surface area (Å²) in [7, 11) is 1.65. The Labute approximate surface area is 174 Å². The zero-order valence-electron chi connectivity index (χ0n) is 16.8. The lowest BCUT2D eigenvalue weighted by molar-refractivity contribution is -0.142. The summed E-state index contributed by atoms with van der Waals surface area (Å²) in [6.07, 6.45) is 8.82. The number of thiazole rings is 1. The number of carbonyl (C=O) groups excluding carboxylic acids is 1. The molecule has 1 heterocycles. The molecule has 1 amide bonds. The van der Waals surface area contributed by atoms with E-state index >= 15 is 0 Å². The van der Waals surface area contributed by atoms with E-state index < -0.39 is 0 Å². The van der Waals surface area contributed by atoms with Gasteiger partial charge in [0.25, 0.3) is 5.91 Å². The van der Waals surface area contributed by atoms with Gasteiger partial charge in [-0.25, -0.2) is 4.39 Å². The first-order valence-corrected chi connectivity index (χ1v) is 11.4. The van der Waals surface area contributed by atoms with E-state index in [1.165, 1.54) is 36.7 Å². The second-order valence-electron chi connectivity index (χ2n) is 9.16. The number of amides is 1. The highest BCUT2D eigenvalue weighted by atomic mass is 32.1. The summed E-state index contributed by atoms with van der Waals surface area (Å²) in [5.74, 6) is 1.91. The summed E-state index contributed by atoms with van der Waals surface area (Å²) in [5, 5.41) is 0. The number of hydrogen-bond donors (Lipinski definition) is 0. The third-order valence-corrected chi connectivity index (χ3v) is 8.14. The van der Waals surface area contributed by atoms with Crippen LogP contribution in [-0.2, 0) is 16.1 Å². The van der Waals surface area contributed by atoms with Gasteiger partial charge in [0.1, 0.15) is 5.82 Å². The van der Waals surface area contributed by atoms with Crippen LogP contribution in [0.3, 0.4) is 0 Å². The topological polar surface area (TPSA) is 43.6 Å². The molecule has 0 saturated heterocycles. The molecule has 0 unspecified atom stereocenters. The molecule has 0 spiro atoms. The fraction of sp³-hybridized carbons (Fsp3) is 0.565. The smallest absolute Gasteiger partial charge is 0.254 e. The van der Waals surface area contributed by atoms with Crippen molar-refractivity contribution in [2.45, 2.75) is 45.1 Å². The van der Waals surface area contributed by atoms with E-state index in [1.54, 1.807) is 19.2 Å². The van der Waals surface area contributed by atoms with Gasteiger partial charge in [-0.15, -0.1) is 0 Å². The summed E-state index contributed by atoms with van der Waals surface area (Å²) in [6.45, 7) is 1.11. The molecule has 4 saturated carbocycles. The minimum atomic E-state index is -0.258. The Hall–Kier alpha value is -1.79. The molecule has 0 N–H and O–H groups in total. The van der Waals surface area contributed by atoms with Gasteiger partial charge in [0.15, 0.2) is 4.80 Å². The lowest BCUT2D eigenvalue weighted by atomic mass is 9.49. The summed E-state index contributed by atoms with van der Waals surface area (Å²) in [5.41, 5.74) is 0.295. The summed E-state index contributed by atoms with van der Waals surface area (Å²) in [6, 6.07) is 6.75. The van der Waals surface area contributed by atoms with Crippen LogP contribution in [0.4, 0.5) is 4.39 Å². The molecule has 4 aliphatic rings. The van der Waals surface area contributed by atoms with Crippen molar-refractivity contribution in [3.63, 3.8) is 0 Å². The van der Waals surface area contributed by atoms with Crippen LogP contribution in [0.25, 0.3) is 10.4 Å². The Morgan fingerprint density at radius 3 is 2.48 bits per heavy atom. The number of rotatable bonds is 5. The van der Waals surface area contributed by atoms with Gasteiger partial charge in [-0.1, -0.05) is 29.5 Å². The van der Waals surface area contributed by atoms with Gasteiger partial charge < -0.3 is 9.30 Å². The number of hydrogen-bond acceptors (Lipinski definition) is 3. The summed E-state index contributed by atoms with van der Waals surface area (Å²) in [4.78, 5) is 19.5. The van der Waals surface area contributed by atoms with E-state index in [9.17, 15) is 9.18 Å². The number of aromatic nitrogens is 1. The van der Waals surface area contributed by atoms with Crippen molar-refractivity contribution in [1.29, 1.82) is 0 Å². The van der Waals surface area contributed by atoms with Crippen LogP contribution in [0.1, 0.15) is 38.5 Å². The standard InChI is InChI=1S/C23H27FN2O2S/c1-28-7-6-26-14-20(18-4-2-3-5-19(18)24)29-22(26)25-21(27)23-11-15-8-16(12-23)10-17(9-15)13-23/h2-5,14-17H,6-13H2,1H3. The van der Waals surface area contributed by atoms with Crippen LogP contribution in [-0.4, -0.2) is 24.2 Å². The van der Waals surface area contributed by atoms with Gasteiger partial charge in [0.2, 0.25) is 0 Å². The fourth-order valence-electron chi connectivity index (χ4n) is 6.18. The Kier molecular flexibility index (Phi) is 4.95. The number of nitrogens with zero attached hydrogens (tertiary/aromatic N) is 2. The quantitative estimate of drug-likeness (QED) is 0.715. The SMILES string of the molecule is COCCn1cc(-c2ccccc2F)sc1=NC(=O)C12CC3CC(CC(C3)C1)C2. The van der Waals surface area contributed by atoms with E-state index in [2.05, 4.69) is 4.99 Å². The Bertz CT molecular complexity index is 957. The maximum absolute atomic E-state index is 14.3. The molecule has 29 heavy (non-hydrogen) atoms. The molecule has 4 nitrogen and oxygen atoms in total. The maximum Gasteiger partial charge on any atom is 0.254 e. The molecule has 1 aromatic heterocycles. The van der Waals surface area contributed by atoms with Crippen LogP contribution >= 0.6 is 11.3 Å². The first-order valence-electron chi connectivity index (χ1n) is 10.6. The molecule has 1 aromatic carbocycles. The molecule has 4 bridgehead atoms. The van der Waals surface area contributed by atoms with Crippen molar-refractivity contribution < 1.29 is 13.9 Å². The van der Waals surface area contributed by atoms with Crippen LogP contribution in [0.5, 0.6) is 0 Å². The van der Waals surface area contributed by atoms with Gasteiger partial charge in [-0.2, -0.15) is 4.99 Å². The zero-order chi connectivity index (χ0) is 20.0. The molecule has 6 rings (SSSR count). The predicted molar refractivity (Wildman–Crippen MR) is 111 cm³/mol. The minimum absolute atomic E-state index is 0.0460. The van der Waals surface area contributed by atoms with Gasteiger partial charge in [-0.05, 0) is 62.3 Å². The zero-order valence-corrected chi connectivity index (χ0v) is 17.6. The highest BCUT2D eigenvalue weighted by Crippen LogP contribution is 2.60. The predicted octanol–water partition coefficient (Wildman–Crippen LogP) is 4.65. The van der Waals surface area contributed by atoms with Crippen LogP contribution in [0.2, 0.25) is 0 Å². The van der Waals surface area contributed by atoms with E-state index in [1.807, 2.05) is 16.8 Å².